The normalized spacial score (nSPS) is 18.2. The van der Waals surface area contributed by atoms with E-state index in [1.54, 1.807) is 53.2 Å². The van der Waals surface area contributed by atoms with Crippen LogP contribution in [0.5, 0.6) is 0 Å². The molecular formula is C22H24FN5O2S2. The molecule has 0 unspecified atom stereocenters. The molecule has 0 spiro atoms. The number of aromatic nitrogens is 3. The van der Waals surface area contributed by atoms with Crippen molar-refractivity contribution in [2.75, 3.05) is 26.2 Å². The molecule has 3 aromatic rings. The Labute approximate surface area is 191 Å². The third-order valence-corrected chi connectivity index (χ3v) is 8.26. The predicted octanol–water partition coefficient (Wildman–Crippen LogP) is 3.52. The van der Waals surface area contributed by atoms with E-state index in [9.17, 15) is 12.8 Å². The Morgan fingerprint density at radius 3 is 2.28 bits per heavy atom. The molecule has 2 aliphatic rings. The highest BCUT2D eigenvalue weighted by Gasteiger charge is 2.31. The highest BCUT2D eigenvalue weighted by molar-refractivity contribution is 7.89. The molecule has 0 N–H and O–H groups in total. The Bertz CT molecular complexity index is 1280. The SMILES string of the molecule is O=S(=O)(c1ccccc1)N1CCN(Cn2nc(-c3ccccc3F)n(C3CC3)c2=S)CC1. The highest BCUT2D eigenvalue weighted by atomic mass is 32.2. The van der Waals surface area contributed by atoms with Crippen LogP contribution in [0.25, 0.3) is 11.4 Å². The van der Waals surface area contributed by atoms with Gasteiger partial charge in [-0.3, -0.25) is 9.47 Å². The lowest BCUT2D eigenvalue weighted by atomic mass is 10.2. The summed E-state index contributed by atoms with van der Waals surface area (Å²) in [5, 5.41) is 4.67. The molecule has 32 heavy (non-hydrogen) atoms. The zero-order valence-electron chi connectivity index (χ0n) is 17.5. The Balaban J connectivity index is 1.33. The van der Waals surface area contributed by atoms with Gasteiger partial charge in [0.25, 0.3) is 0 Å². The number of sulfonamides is 1. The van der Waals surface area contributed by atoms with Crippen molar-refractivity contribution >= 4 is 22.2 Å². The summed E-state index contributed by atoms with van der Waals surface area (Å²) in [6, 6.07) is 15.4. The Hall–Kier alpha value is -2.40. The highest BCUT2D eigenvalue weighted by Crippen LogP contribution is 2.39. The Morgan fingerprint density at radius 1 is 0.969 bits per heavy atom. The molecule has 2 fully saturated rings. The van der Waals surface area contributed by atoms with Crippen LogP contribution in [0.15, 0.2) is 59.5 Å². The average molecular weight is 474 g/mol. The largest absolute Gasteiger partial charge is 0.297 e. The van der Waals surface area contributed by atoms with Gasteiger partial charge in [0.2, 0.25) is 10.0 Å². The maximum Gasteiger partial charge on any atom is 0.243 e. The van der Waals surface area contributed by atoms with Crippen molar-refractivity contribution in [2.24, 2.45) is 0 Å². The first-order chi connectivity index (χ1) is 15.4. The van der Waals surface area contributed by atoms with Gasteiger partial charge < -0.3 is 0 Å². The maximum absolute atomic E-state index is 14.5. The van der Waals surface area contributed by atoms with Gasteiger partial charge in [0.15, 0.2) is 10.6 Å². The molecule has 2 heterocycles. The smallest absolute Gasteiger partial charge is 0.243 e. The van der Waals surface area contributed by atoms with Crippen LogP contribution in [0.3, 0.4) is 0 Å². The van der Waals surface area contributed by atoms with Gasteiger partial charge in [0.05, 0.1) is 17.1 Å². The van der Waals surface area contributed by atoms with Crippen molar-refractivity contribution < 1.29 is 12.8 Å². The third-order valence-electron chi connectivity index (χ3n) is 5.94. The lowest BCUT2D eigenvalue weighted by Gasteiger charge is -2.33. The van der Waals surface area contributed by atoms with Gasteiger partial charge in [-0.05, 0) is 49.3 Å². The number of halogens is 1. The van der Waals surface area contributed by atoms with E-state index in [4.69, 9.17) is 12.2 Å². The van der Waals surface area contributed by atoms with Gasteiger partial charge in [-0.2, -0.15) is 9.40 Å². The summed E-state index contributed by atoms with van der Waals surface area (Å²) in [5.74, 6) is 0.238. The quantitative estimate of drug-likeness (QED) is 0.513. The van der Waals surface area contributed by atoms with Crippen molar-refractivity contribution in [1.29, 1.82) is 0 Å². The first-order valence-corrected chi connectivity index (χ1v) is 12.5. The van der Waals surface area contributed by atoms with Crippen LogP contribution in [0.2, 0.25) is 0 Å². The van der Waals surface area contributed by atoms with Gasteiger partial charge in [0.1, 0.15) is 5.82 Å². The summed E-state index contributed by atoms with van der Waals surface area (Å²) in [6.07, 6.45) is 2.02. The minimum atomic E-state index is -3.49. The Kier molecular flexibility index (Phi) is 5.70. The molecule has 1 aliphatic carbocycles. The molecule has 0 atom stereocenters. The molecule has 168 valence electrons. The summed E-state index contributed by atoms with van der Waals surface area (Å²) in [7, 11) is -3.49. The van der Waals surface area contributed by atoms with E-state index in [1.165, 1.54) is 10.4 Å². The molecular weight excluding hydrogens is 449 g/mol. The van der Waals surface area contributed by atoms with Crippen molar-refractivity contribution in [3.63, 3.8) is 0 Å². The first kappa shape index (κ1) is 21.4. The molecule has 0 bridgehead atoms. The van der Waals surface area contributed by atoms with Gasteiger partial charge in [-0.25, -0.2) is 17.5 Å². The van der Waals surface area contributed by atoms with Gasteiger partial charge >= 0.3 is 0 Å². The van der Waals surface area contributed by atoms with Crippen LogP contribution in [-0.4, -0.2) is 58.1 Å². The van der Waals surface area contributed by atoms with E-state index in [1.807, 2.05) is 4.57 Å². The molecule has 1 aliphatic heterocycles. The fraction of sp³-hybridized carbons (Fsp3) is 0.364. The number of hydrogen-bond donors (Lipinski definition) is 0. The fourth-order valence-corrected chi connectivity index (χ4v) is 5.82. The second kappa shape index (κ2) is 8.51. The third kappa shape index (κ3) is 4.03. The number of rotatable bonds is 6. The molecule has 0 radical (unpaired) electrons. The van der Waals surface area contributed by atoms with Gasteiger partial charge in [-0.1, -0.05) is 30.3 Å². The molecule has 1 saturated carbocycles. The summed E-state index contributed by atoms with van der Waals surface area (Å²) >= 11 is 5.70. The average Bonchev–Trinajstić information content (AvgIpc) is 3.59. The van der Waals surface area contributed by atoms with Crippen LogP contribution in [0.1, 0.15) is 18.9 Å². The number of piperazine rings is 1. The monoisotopic (exact) mass is 473 g/mol. The number of benzene rings is 2. The van der Waals surface area contributed by atoms with Crippen molar-refractivity contribution in [2.45, 2.75) is 30.4 Å². The van der Waals surface area contributed by atoms with Crippen LogP contribution in [0.4, 0.5) is 4.39 Å². The zero-order chi connectivity index (χ0) is 22.3. The van der Waals surface area contributed by atoms with E-state index < -0.39 is 10.0 Å². The van der Waals surface area contributed by atoms with Gasteiger partial charge in [-0.15, -0.1) is 0 Å². The summed E-state index contributed by atoms with van der Waals surface area (Å²) in [5.41, 5.74) is 0.447. The van der Waals surface area contributed by atoms with Crippen LogP contribution in [-0.2, 0) is 16.7 Å². The van der Waals surface area contributed by atoms with Crippen molar-refractivity contribution in [3.8, 4) is 11.4 Å². The molecule has 5 rings (SSSR count). The number of nitrogens with zero attached hydrogens (tertiary/aromatic N) is 5. The standard InChI is InChI=1S/C22H24FN5O2S2/c23-20-9-5-4-8-19(20)21-24-27(22(31)28(21)17-10-11-17)16-25-12-14-26(15-13-25)32(29,30)18-6-2-1-3-7-18/h1-9,17H,10-16H2. The van der Waals surface area contributed by atoms with E-state index in [-0.39, 0.29) is 11.9 Å². The summed E-state index contributed by atoms with van der Waals surface area (Å²) < 4.78 is 46.0. The summed E-state index contributed by atoms with van der Waals surface area (Å²) in [6.45, 7) is 2.37. The van der Waals surface area contributed by atoms with Crippen molar-refractivity contribution in [3.05, 3.63) is 65.2 Å². The molecule has 1 saturated heterocycles. The maximum atomic E-state index is 14.5. The second-order valence-electron chi connectivity index (χ2n) is 8.16. The molecule has 10 heteroatoms. The van der Waals surface area contributed by atoms with E-state index in [0.717, 1.165) is 12.8 Å². The lowest BCUT2D eigenvalue weighted by Crippen LogP contribution is -2.48. The predicted molar refractivity (Wildman–Crippen MR) is 121 cm³/mol. The second-order valence-corrected chi connectivity index (χ2v) is 10.5. The zero-order valence-corrected chi connectivity index (χ0v) is 19.1. The Morgan fingerprint density at radius 2 is 1.62 bits per heavy atom. The first-order valence-electron chi connectivity index (χ1n) is 10.7. The van der Waals surface area contributed by atoms with Crippen molar-refractivity contribution in [1.82, 2.24) is 23.6 Å². The lowest BCUT2D eigenvalue weighted by molar-refractivity contribution is 0.144. The van der Waals surface area contributed by atoms with Gasteiger partial charge in [0, 0.05) is 32.2 Å². The number of hydrogen-bond acceptors (Lipinski definition) is 5. The topological polar surface area (TPSA) is 63.4 Å². The van der Waals surface area contributed by atoms with E-state index >= 15 is 0 Å². The molecule has 2 aromatic carbocycles. The molecule has 1 aromatic heterocycles. The van der Waals surface area contributed by atoms with Crippen LogP contribution >= 0.6 is 12.2 Å². The molecule has 0 amide bonds. The van der Waals surface area contributed by atoms with Crippen LogP contribution < -0.4 is 0 Å². The fourth-order valence-electron chi connectivity index (χ4n) is 4.04. The van der Waals surface area contributed by atoms with Crippen LogP contribution in [0, 0.1) is 10.6 Å². The minimum absolute atomic E-state index is 0.263. The minimum Gasteiger partial charge on any atom is -0.297 e. The summed E-state index contributed by atoms with van der Waals surface area (Å²) in [4.78, 5) is 2.44. The van der Waals surface area contributed by atoms with E-state index in [2.05, 4.69) is 10.00 Å². The van der Waals surface area contributed by atoms with E-state index in [0.29, 0.717) is 53.9 Å². The molecule has 7 nitrogen and oxygen atoms in total.